The van der Waals surface area contributed by atoms with Crippen molar-refractivity contribution in [2.75, 3.05) is 18.9 Å². The fourth-order valence-electron chi connectivity index (χ4n) is 2.40. The highest BCUT2D eigenvalue weighted by Crippen LogP contribution is 2.20. The first kappa shape index (κ1) is 20.4. The van der Waals surface area contributed by atoms with Crippen molar-refractivity contribution >= 4 is 33.2 Å². The van der Waals surface area contributed by atoms with Gasteiger partial charge in [0, 0.05) is 16.8 Å². The molecule has 6 nitrogen and oxygen atoms in total. The summed E-state index contributed by atoms with van der Waals surface area (Å²) in [5, 5.41) is 6.48. The van der Waals surface area contributed by atoms with Gasteiger partial charge in [-0.25, -0.2) is 13.1 Å². The zero-order valence-electron chi connectivity index (χ0n) is 14.8. The van der Waals surface area contributed by atoms with Crippen LogP contribution in [0.4, 0.5) is 5.69 Å². The van der Waals surface area contributed by atoms with Crippen LogP contribution in [0.2, 0.25) is 5.02 Å². The van der Waals surface area contributed by atoms with Crippen LogP contribution < -0.4 is 15.4 Å². The molecular formula is C18H22ClN3O3S. The second-order valence-electron chi connectivity index (χ2n) is 5.89. The Morgan fingerprint density at radius 3 is 2.42 bits per heavy atom. The third-order valence-corrected chi connectivity index (χ3v) is 5.78. The van der Waals surface area contributed by atoms with Crippen LogP contribution in [0.1, 0.15) is 24.1 Å². The lowest BCUT2D eigenvalue weighted by Crippen LogP contribution is -2.30. The van der Waals surface area contributed by atoms with Crippen LogP contribution in [0.25, 0.3) is 0 Å². The number of hydrogen-bond acceptors (Lipinski definition) is 4. The van der Waals surface area contributed by atoms with Crippen LogP contribution >= 0.6 is 11.6 Å². The van der Waals surface area contributed by atoms with Gasteiger partial charge in [0.05, 0.1) is 11.4 Å². The number of rotatable bonds is 7. The normalized spacial score (nSPS) is 12.6. The van der Waals surface area contributed by atoms with Crippen LogP contribution in [-0.2, 0) is 14.8 Å². The number of carbonyl (C=O) groups is 1. The molecule has 0 fully saturated rings. The number of halogens is 1. The molecule has 2 aromatic carbocycles. The molecule has 0 heterocycles. The first-order valence-electron chi connectivity index (χ1n) is 8.06. The highest BCUT2D eigenvalue weighted by molar-refractivity contribution is 7.89. The van der Waals surface area contributed by atoms with Crippen molar-refractivity contribution in [1.29, 1.82) is 0 Å². The minimum absolute atomic E-state index is 0.0312. The molecule has 3 N–H and O–H groups in total. The quantitative estimate of drug-likeness (QED) is 0.672. The summed E-state index contributed by atoms with van der Waals surface area (Å²) in [7, 11) is -2.23. The van der Waals surface area contributed by atoms with E-state index in [1.807, 2.05) is 19.1 Å². The Morgan fingerprint density at radius 2 is 1.81 bits per heavy atom. The number of benzene rings is 2. The number of anilines is 1. The maximum atomic E-state index is 12.2. The van der Waals surface area contributed by atoms with Crippen LogP contribution in [-0.4, -0.2) is 27.9 Å². The fraction of sp³-hybridized carbons (Fsp3) is 0.278. The minimum Gasteiger partial charge on any atom is -0.325 e. The average Bonchev–Trinajstić information content (AvgIpc) is 2.61. The molecule has 0 saturated heterocycles. The van der Waals surface area contributed by atoms with E-state index in [-0.39, 0.29) is 23.4 Å². The van der Waals surface area contributed by atoms with Gasteiger partial charge in [-0.05, 0) is 56.3 Å². The van der Waals surface area contributed by atoms with E-state index in [9.17, 15) is 13.2 Å². The van der Waals surface area contributed by atoms with E-state index < -0.39 is 10.0 Å². The molecule has 0 saturated carbocycles. The number of amides is 1. The largest absolute Gasteiger partial charge is 0.325 e. The first-order chi connectivity index (χ1) is 12.2. The molecule has 0 aliphatic heterocycles. The van der Waals surface area contributed by atoms with Crippen molar-refractivity contribution in [3.63, 3.8) is 0 Å². The van der Waals surface area contributed by atoms with Gasteiger partial charge < -0.3 is 10.6 Å². The molecule has 2 aromatic rings. The first-order valence-corrected chi connectivity index (χ1v) is 9.92. The zero-order chi connectivity index (χ0) is 19.3. The number of carbonyl (C=O) groups excluding carboxylic acids is 1. The molecule has 8 heteroatoms. The van der Waals surface area contributed by atoms with Crippen molar-refractivity contribution in [2.45, 2.75) is 24.8 Å². The second-order valence-corrected chi connectivity index (χ2v) is 8.18. The monoisotopic (exact) mass is 395 g/mol. The van der Waals surface area contributed by atoms with Gasteiger partial charge in [-0.15, -0.1) is 0 Å². The summed E-state index contributed by atoms with van der Waals surface area (Å²) in [6, 6.07) is 12.1. The summed E-state index contributed by atoms with van der Waals surface area (Å²) in [5.41, 5.74) is 2.04. The standard InChI is InChI=1S/C18H22ClN3O3S/c1-12-4-9-16(10-17(12)26(24,25)20-3)22-18(23)11-21-13(2)14-5-7-15(19)8-6-14/h4-10,13,20-21H,11H2,1-3H3,(H,22,23). The van der Waals surface area contributed by atoms with Crippen molar-refractivity contribution < 1.29 is 13.2 Å². The predicted octanol–water partition coefficient (Wildman–Crippen LogP) is 2.85. The van der Waals surface area contributed by atoms with E-state index in [4.69, 9.17) is 11.6 Å². The molecule has 1 amide bonds. The Hall–Kier alpha value is -1.93. The molecule has 0 aliphatic rings. The topological polar surface area (TPSA) is 87.3 Å². The van der Waals surface area contributed by atoms with E-state index in [1.165, 1.54) is 13.1 Å². The van der Waals surface area contributed by atoms with Crippen molar-refractivity contribution in [2.24, 2.45) is 0 Å². The van der Waals surface area contributed by atoms with Gasteiger partial charge in [0.2, 0.25) is 15.9 Å². The molecule has 0 radical (unpaired) electrons. The molecule has 0 aliphatic carbocycles. The fourth-order valence-corrected chi connectivity index (χ4v) is 3.52. The number of nitrogens with one attached hydrogen (secondary N) is 3. The van der Waals surface area contributed by atoms with Gasteiger partial charge in [-0.1, -0.05) is 29.8 Å². The van der Waals surface area contributed by atoms with Gasteiger partial charge >= 0.3 is 0 Å². The van der Waals surface area contributed by atoms with E-state index in [1.54, 1.807) is 31.2 Å². The maximum Gasteiger partial charge on any atom is 0.240 e. The number of hydrogen-bond donors (Lipinski definition) is 3. The van der Waals surface area contributed by atoms with Gasteiger partial charge in [0.1, 0.15) is 0 Å². The van der Waals surface area contributed by atoms with Crippen LogP contribution in [0.3, 0.4) is 0 Å². The number of sulfonamides is 1. The summed E-state index contributed by atoms with van der Waals surface area (Å²) in [6.45, 7) is 3.73. The molecule has 26 heavy (non-hydrogen) atoms. The highest BCUT2D eigenvalue weighted by atomic mass is 35.5. The smallest absolute Gasteiger partial charge is 0.240 e. The van der Waals surface area contributed by atoms with E-state index in [2.05, 4.69) is 15.4 Å². The molecule has 0 aromatic heterocycles. The van der Waals surface area contributed by atoms with Crippen LogP contribution in [0, 0.1) is 6.92 Å². The lowest BCUT2D eigenvalue weighted by molar-refractivity contribution is -0.115. The molecular weight excluding hydrogens is 374 g/mol. The Bertz CT molecular complexity index is 883. The average molecular weight is 396 g/mol. The molecule has 0 spiro atoms. The predicted molar refractivity (Wildman–Crippen MR) is 104 cm³/mol. The Morgan fingerprint density at radius 1 is 1.15 bits per heavy atom. The molecule has 2 rings (SSSR count). The molecule has 140 valence electrons. The van der Waals surface area contributed by atoms with E-state index >= 15 is 0 Å². The van der Waals surface area contributed by atoms with Crippen molar-refractivity contribution in [1.82, 2.24) is 10.0 Å². The second kappa shape index (κ2) is 8.64. The Kier molecular flexibility index (Phi) is 6.77. The van der Waals surface area contributed by atoms with E-state index in [0.717, 1.165) is 5.56 Å². The lowest BCUT2D eigenvalue weighted by Gasteiger charge is -2.15. The summed E-state index contributed by atoms with van der Waals surface area (Å²) < 4.78 is 26.3. The zero-order valence-corrected chi connectivity index (χ0v) is 16.4. The lowest BCUT2D eigenvalue weighted by atomic mass is 10.1. The summed E-state index contributed by atoms with van der Waals surface area (Å²) >= 11 is 5.87. The highest BCUT2D eigenvalue weighted by Gasteiger charge is 2.16. The Labute approximate surface area is 159 Å². The maximum absolute atomic E-state index is 12.2. The van der Waals surface area contributed by atoms with Crippen LogP contribution in [0.15, 0.2) is 47.4 Å². The third-order valence-electron chi connectivity index (χ3n) is 3.97. The summed E-state index contributed by atoms with van der Waals surface area (Å²) in [6.07, 6.45) is 0. The van der Waals surface area contributed by atoms with Gasteiger partial charge in [-0.2, -0.15) is 0 Å². The Balaban J connectivity index is 1.99. The van der Waals surface area contributed by atoms with E-state index in [0.29, 0.717) is 16.3 Å². The SMILES string of the molecule is CNS(=O)(=O)c1cc(NC(=O)CNC(C)c2ccc(Cl)cc2)ccc1C. The van der Waals surface area contributed by atoms with Crippen LogP contribution in [0.5, 0.6) is 0 Å². The summed E-state index contributed by atoms with van der Waals surface area (Å²) in [5.74, 6) is -0.262. The number of aryl methyl sites for hydroxylation is 1. The van der Waals surface area contributed by atoms with Gasteiger partial charge in [0.25, 0.3) is 0 Å². The third kappa shape index (κ3) is 5.28. The van der Waals surface area contributed by atoms with Gasteiger partial charge in [-0.3, -0.25) is 4.79 Å². The van der Waals surface area contributed by atoms with Crippen molar-refractivity contribution in [3.05, 3.63) is 58.6 Å². The molecule has 1 unspecified atom stereocenters. The minimum atomic E-state index is -3.58. The van der Waals surface area contributed by atoms with Crippen molar-refractivity contribution in [3.8, 4) is 0 Å². The molecule has 0 bridgehead atoms. The summed E-state index contributed by atoms with van der Waals surface area (Å²) in [4.78, 5) is 12.3. The van der Waals surface area contributed by atoms with Gasteiger partial charge in [0.15, 0.2) is 0 Å². The molecule has 1 atom stereocenters.